The molecule has 3 heteroatoms. The first kappa shape index (κ1) is 12.7. The van der Waals surface area contributed by atoms with Crippen molar-refractivity contribution in [2.24, 2.45) is 0 Å². The topological polar surface area (TPSA) is 28.4 Å². The van der Waals surface area contributed by atoms with Crippen LogP contribution in [0.2, 0.25) is 0 Å². The van der Waals surface area contributed by atoms with Crippen LogP contribution in [0.15, 0.2) is 22.8 Å². The van der Waals surface area contributed by atoms with Crippen molar-refractivity contribution in [2.45, 2.75) is 45.2 Å². The molecule has 2 unspecified atom stereocenters. The molecule has 1 aliphatic heterocycles. The van der Waals surface area contributed by atoms with Gasteiger partial charge in [0, 0.05) is 19.1 Å². The summed E-state index contributed by atoms with van der Waals surface area (Å²) in [4.78, 5) is 2.59. The lowest BCUT2D eigenvalue weighted by Gasteiger charge is -2.33. The van der Waals surface area contributed by atoms with Crippen LogP contribution in [0.5, 0.6) is 0 Å². The molecule has 1 aliphatic rings. The first-order valence-corrected chi connectivity index (χ1v) is 6.78. The highest BCUT2D eigenvalue weighted by Crippen LogP contribution is 2.16. The molecule has 0 bridgehead atoms. The minimum atomic E-state index is 0.310. The normalized spacial score (nSPS) is 23.8. The smallest absolute Gasteiger partial charge is 0.120 e. The van der Waals surface area contributed by atoms with Crippen molar-refractivity contribution >= 4 is 0 Å². The van der Waals surface area contributed by atoms with E-state index in [0.29, 0.717) is 6.04 Å². The van der Waals surface area contributed by atoms with Crippen molar-refractivity contribution in [3.8, 4) is 0 Å². The molecule has 0 radical (unpaired) electrons. The number of piperidine rings is 1. The Bertz CT molecular complexity index is 310. The van der Waals surface area contributed by atoms with Gasteiger partial charge in [0.15, 0.2) is 0 Å². The molecule has 17 heavy (non-hydrogen) atoms. The zero-order valence-electron chi connectivity index (χ0n) is 11.0. The van der Waals surface area contributed by atoms with Crippen molar-refractivity contribution in [1.82, 2.24) is 10.2 Å². The summed E-state index contributed by atoms with van der Waals surface area (Å²) in [7, 11) is 0. The maximum absolute atomic E-state index is 5.38. The standard InChI is InChI=1S/C14H24N2O/c1-12-6-3-4-9-16(12)10-8-15-13(2)14-7-5-11-17-14/h5,7,11-13,15H,3-4,6,8-10H2,1-2H3. The number of likely N-dealkylation sites (tertiary alicyclic amines) is 1. The Morgan fingerprint density at radius 2 is 2.41 bits per heavy atom. The van der Waals surface area contributed by atoms with E-state index < -0.39 is 0 Å². The third kappa shape index (κ3) is 3.58. The van der Waals surface area contributed by atoms with Crippen molar-refractivity contribution in [3.05, 3.63) is 24.2 Å². The van der Waals surface area contributed by atoms with Gasteiger partial charge in [-0.15, -0.1) is 0 Å². The predicted octanol–water partition coefficient (Wildman–Crippen LogP) is 2.80. The molecule has 3 nitrogen and oxygen atoms in total. The molecule has 0 spiro atoms. The van der Waals surface area contributed by atoms with E-state index in [4.69, 9.17) is 4.42 Å². The van der Waals surface area contributed by atoms with Crippen LogP contribution in [0.1, 0.15) is 44.9 Å². The number of furan rings is 1. The third-order valence-electron chi connectivity index (χ3n) is 3.76. The minimum Gasteiger partial charge on any atom is -0.468 e. The van der Waals surface area contributed by atoms with Gasteiger partial charge in [0.2, 0.25) is 0 Å². The van der Waals surface area contributed by atoms with Gasteiger partial charge in [0.25, 0.3) is 0 Å². The minimum absolute atomic E-state index is 0.310. The second-order valence-corrected chi connectivity index (χ2v) is 5.07. The number of hydrogen-bond acceptors (Lipinski definition) is 3. The summed E-state index contributed by atoms with van der Waals surface area (Å²) in [6.07, 6.45) is 5.85. The van der Waals surface area contributed by atoms with Crippen LogP contribution in [-0.2, 0) is 0 Å². The molecule has 1 fully saturated rings. The van der Waals surface area contributed by atoms with Gasteiger partial charge in [-0.3, -0.25) is 4.90 Å². The fourth-order valence-electron chi connectivity index (χ4n) is 2.55. The summed E-state index contributed by atoms with van der Waals surface area (Å²) in [6.45, 7) is 7.93. The molecule has 0 aromatic carbocycles. The van der Waals surface area contributed by atoms with E-state index in [1.807, 2.05) is 12.1 Å². The molecule has 0 amide bonds. The van der Waals surface area contributed by atoms with Gasteiger partial charge in [-0.2, -0.15) is 0 Å². The van der Waals surface area contributed by atoms with Crippen LogP contribution in [0.3, 0.4) is 0 Å². The number of hydrogen-bond donors (Lipinski definition) is 1. The van der Waals surface area contributed by atoms with E-state index in [2.05, 4.69) is 24.1 Å². The summed E-state index contributed by atoms with van der Waals surface area (Å²) < 4.78 is 5.38. The van der Waals surface area contributed by atoms with Crippen LogP contribution in [0.25, 0.3) is 0 Å². The molecule has 1 saturated heterocycles. The summed E-state index contributed by atoms with van der Waals surface area (Å²) in [5.41, 5.74) is 0. The van der Waals surface area contributed by atoms with Crippen LogP contribution in [-0.4, -0.2) is 30.6 Å². The van der Waals surface area contributed by atoms with Crippen LogP contribution >= 0.6 is 0 Å². The summed E-state index contributed by atoms with van der Waals surface area (Å²) in [5, 5.41) is 3.52. The Balaban J connectivity index is 1.68. The Morgan fingerprint density at radius 3 is 3.12 bits per heavy atom. The van der Waals surface area contributed by atoms with Gasteiger partial charge in [0.05, 0.1) is 12.3 Å². The van der Waals surface area contributed by atoms with E-state index in [0.717, 1.165) is 24.9 Å². The average molecular weight is 236 g/mol. The number of rotatable bonds is 5. The molecule has 0 saturated carbocycles. The lowest BCUT2D eigenvalue weighted by Crippen LogP contribution is -2.41. The second-order valence-electron chi connectivity index (χ2n) is 5.07. The summed E-state index contributed by atoms with van der Waals surface area (Å²) in [6, 6.07) is 5.04. The van der Waals surface area contributed by atoms with E-state index >= 15 is 0 Å². The van der Waals surface area contributed by atoms with Crippen LogP contribution in [0, 0.1) is 0 Å². The molecule has 2 atom stereocenters. The van der Waals surface area contributed by atoms with Crippen molar-refractivity contribution in [1.29, 1.82) is 0 Å². The summed E-state index contributed by atoms with van der Waals surface area (Å²) in [5.74, 6) is 1.02. The lowest BCUT2D eigenvalue weighted by atomic mass is 10.0. The van der Waals surface area contributed by atoms with Crippen molar-refractivity contribution in [2.75, 3.05) is 19.6 Å². The quantitative estimate of drug-likeness (QED) is 0.852. The van der Waals surface area contributed by atoms with Gasteiger partial charge < -0.3 is 9.73 Å². The summed E-state index contributed by atoms with van der Waals surface area (Å²) >= 11 is 0. The Labute approximate surface area is 104 Å². The zero-order valence-corrected chi connectivity index (χ0v) is 11.0. The van der Waals surface area contributed by atoms with Crippen molar-refractivity contribution in [3.63, 3.8) is 0 Å². The highest BCUT2D eigenvalue weighted by molar-refractivity contribution is 5.02. The van der Waals surface area contributed by atoms with E-state index in [-0.39, 0.29) is 0 Å². The molecular weight excluding hydrogens is 212 g/mol. The molecule has 1 aromatic rings. The zero-order chi connectivity index (χ0) is 12.1. The molecule has 1 aromatic heterocycles. The van der Waals surface area contributed by atoms with Crippen molar-refractivity contribution < 1.29 is 4.42 Å². The SMILES string of the molecule is CC(NCCN1CCCCC1C)c1ccco1. The first-order chi connectivity index (χ1) is 8.27. The van der Waals surface area contributed by atoms with Gasteiger partial charge >= 0.3 is 0 Å². The highest BCUT2D eigenvalue weighted by Gasteiger charge is 2.17. The molecule has 96 valence electrons. The maximum Gasteiger partial charge on any atom is 0.120 e. The monoisotopic (exact) mass is 236 g/mol. The second kappa shape index (κ2) is 6.22. The van der Waals surface area contributed by atoms with Gasteiger partial charge in [-0.05, 0) is 45.4 Å². The number of nitrogens with one attached hydrogen (secondary N) is 1. The fraction of sp³-hybridized carbons (Fsp3) is 0.714. The molecular formula is C14H24N2O. The average Bonchev–Trinajstić information content (AvgIpc) is 2.85. The van der Waals surface area contributed by atoms with Gasteiger partial charge in [-0.25, -0.2) is 0 Å². The highest BCUT2D eigenvalue weighted by atomic mass is 16.3. The molecule has 2 heterocycles. The van der Waals surface area contributed by atoms with E-state index in [1.165, 1.54) is 25.8 Å². The lowest BCUT2D eigenvalue weighted by molar-refractivity contribution is 0.160. The maximum atomic E-state index is 5.38. The van der Waals surface area contributed by atoms with E-state index in [9.17, 15) is 0 Å². The first-order valence-electron chi connectivity index (χ1n) is 6.78. The Kier molecular flexibility index (Phi) is 4.63. The fourth-order valence-corrected chi connectivity index (χ4v) is 2.55. The third-order valence-corrected chi connectivity index (χ3v) is 3.76. The molecule has 1 N–H and O–H groups in total. The largest absolute Gasteiger partial charge is 0.468 e. The Hall–Kier alpha value is -0.800. The molecule has 0 aliphatic carbocycles. The predicted molar refractivity (Wildman–Crippen MR) is 70.0 cm³/mol. The Morgan fingerprint density at radius 1 is 1.53 bits per heavy atom. The number of nitrogens with zero attached hydrogens (tertiary/aromatic N) is 1. The van der Waals surface area contributed by atoms with Gasteiger partial charge in [0.1, 0.15) is 5.76 Å². The van der Waals surface area contributed by atoms with E-state index in [1.54, 1.807) is 6.26 Å². The van der Waals surface area contributed by atoms with Gasteiger partial charge in [-0.1, -0.05) is 6.42 Å². The molecule has 2 rings (SSSR count). The van der Waals surface area contributed by atoms with Crippen LogP contribution < -0.4 is 5.32 Å². The van der Waals surface area contributed by atoms with Crippen LogP contribution in [0.4, 0.5) is 0 Å².